The number of amides is 1. The second kappa shape index (κ2) is 5.86. The van der Waals surface area contributed by atoms with E-state index in [9.17, 15) is 9.59 Å². The van der Waals surface area contributed by atoms with Crippen LogP contribution in [0.4, 0.5) is 0 Å². The molecule has 5 nitrogen and oxygen atoms in total. The summed E-state index contributed by atoms with van der Waals surface area (Å²) < 4.78 is 0. The fraction of sp³-hybridized carbons (Fsp3) is 0.706. The van der Waals surface area contributed by atoms with Crippen molar-refractivity contribution in [1.82, 2.24) is 14.9 Å². The Morgan fingerprint density at radius 1 is 1.32 bits per heavy atom. The first kappa shape index (κ1) is 15.3. The number of nitrogens with zero attached hydrogens (tertiary/aromatic N) is 2. The van der Waals surface area contributed by atoms with Gasteiger partial charge in [-0.25, -0.2) is 4.98 Å². The highest BCUT2D eigenvalue weighted by Gasteiger charge is 2.44. The van der Waals surface area contributed by atoms with Gasteiger partial charge in [-0.15, -0.1) is 0 Å². The molecule has 1 aliphatic heterocycles. The van der Waals surface area contributed by atoms with Crippen molar-refractivity contribution in [2.75, 3.05) is 6.54 Å². The highest BCUT2D eigenvalue weighted by molar-refractivity contribution is 5.80. The average molecular weight is 303 g/mol. The molecule has 2 aliphatic rings. The predicted octanol–water partition coefficient (Wildman–Crippen LogP) is 2.50. The Labute approximate surface area is 131 Å². The molecule has 120 valence electrons. The van der Waals surface area contributed by atoms with E-state index in [4.69, 9.17) is 0 Å². The maximum atomic E-state index is 13.0. The van der Waals surface area contributed by atoms with Crippen LogP contribution in [0.5, 0.6) is 0 Å². The van der Waals surface area contributed by atoms with Crippen molar-refractivity contribution < 1.29 is 4.79 Å². The zero-order valence-electron chi connectivity index (χ0n) is 13.5. The summed E-state index contributed by atoms with van der Waals surface area (Å²) in [5.41, 5.74) is 0.0947. The van der Waals surface area contributed by atoms with Crippen LogP contribution in [0.2, 0.25) is 0 Å². The van der Waals surface area contributed by atoms with E-state index in [-0.39, 0.29) is 17.4 Å². The van der Waals surface area contributed by atoms with Crippen LogP contribution in [-0.2, 0) is 10.3 Å². The molecule has 0 bridgehead atoms. The van der Waals surface area contributed by atoms with Crippen LogP contribution in [0.25, 0.3) is 0 Å². The topological polar surface area (TPSA) is 66.1 Å². The molecule has 1 aliphatic carbocycles. The van der Waals surface area contributed by atoms with Crippen molar-refractivity contribution in [1.29, 1.82) is 0 Å². The van der Waals surface area contributed by atoms with Crippen LogP contribution in [-0.4, -0.2) is 27.3 Å². The number of aromatic nitrogens is 2. The first-order valence-electron chi connectivity index (χ1n) is 8.40. The highest BCUT2D eigenvalue weighted by atomic mass is 16.2. The van der Waals surface area contributed by atoms with Gasteiger partial charge in [0.2, 0.25) is 5.91 Å². The molecule has 1 saturated carbocycles. The number of aromatic amines is 1. The van der Waals surface area contributed by atoms with E-state index in [2.05, 4.69) is 9.97 Å². The van der Waals surface area contributed by atoms with Gasteiger partial charge >= 0.3 is 0 Å². The molecule has 3 rings (SSSR count). The lowest BCUT2D eigenvalue weighted by Gasteiger charge is -2.37. The number of H-pyrrole nitrogens is 1. The third kappa shape index (κ3) is 2.69. The Bertz CT molecular complexity index is 619. The van der Waals surface area contributed by atoms with Gasteiger partial charge in [0.1, 0.15) is 5.82 Å². The number of carbonyl (C=O) groups is 1. The van der Waals surface area contributed by atoms with Gasteiger partial charge < -0.3 is 9.88 Å². The normalized spacial score (nSPS) is 26.4. The van der Waals surface area contributed by atoms with E-state index >= 15 is 0 Å². The maximum absolute atomic E-state index is 13.0. The number of hydrogen-bond acceptors (Lipinski definition) is 3. The second-order valence-corrected chi connectivity index (χ2v) is 6.94. The van der Waals surface area contributed by atoms with Gasteiger partial charge in [-0.3, -0.25) is 9.59 Å². The van der Waals surface area contributed by atoms with Crippen LogP contribution >= 0.6 is 0 Å². The molecule has 1 aromatic heterocycles. The molecule has 1 amide bonds. The van der Waals surface area contributed by atoms with E-state index in [1.54, 1.807) is 0 Å². The van der Waals surface area contributed by atoms with Crippen LogP contribution in [0.1, 0.15) is 63.4 Å². The fourth-order valence-electron chi connectivity index (χ4n) is 3.97. The number of nitrogens with one attached hydrogen (secondary N) is 1. The van der Waals surface area contributed by atoms with Gasteiger partial charge in [0.25, 0.3) is 5.56 Å². The summed E-state index contributed by atoms with van der Waals surface area (Å²) in [6, 6.07) is 1.50. The van der Waals surface area contributed by atoms with Crippen molar-refractivity contribution in [3.8, 4) is 0 Å². The Balaban J connectivity index is 1.90. The highest BCUT2D eigenvalue weighted by Crippen LogP contribution is 2.39. The molecule has 2 heterocycles. The number of rotatable bonds is 2. The maximum Gasteiger partial charge on any atom is 0.251 e. The average Bonchev–Trinajstić information content (AvgIpc) is 2.90. The predicted molar refractivity (Wildman–Crippen MR) is 84.5 cm³/mol. The molecule has 1 N–H and O–H groups in total. The molecule has 0 spiro atoms. The molecular weight excluding hydrogens is 278 g/mol. The smallest absolute Gasteiger partial charge is 0.251 e. The zero-order chi connectivity index (χ0) is 15.7. The van der Waals surface area contributed by atoms with Crippen LogP contribution < -0.4 is 5.56 Å². The SMILES string of the molecule is Cc1cc(=O)[nH]c([C@@]2(C)CCCN2C(=O)C2CCCCC2)n1. The lowest BCUT2D eigenvalue weighted by molar-refractivity contribution is -0.141. The van der Waals surface area contributed by atoms with Crippen LogP contribution in [0.15, 0.2) is 10.9 Å². The first-order chi connectivity index (χ1) is 10.5. The third-order valence-corrected chi connectivity index (χ3v) is 5.24. The van der Waals surface area contributed by atoms with Gasteiger partial charge in [-0.2, -0.15) is 0 Å². The fourth-order valence-corrected chi connectivity index (χ4v) is 3.97. The minimum absolute atomic E-state index is 0.138. The standard InChI is InChI=1S/C17H25N3O2/c1-12-11-14(21)19-16(18-12)17(2)9-6-10-20(17)15(22)13-7-4-3-5-8-13/h11,13H,3-10H2,1-2H3,(H,18,19,21)/t17-/m1/s1. The molecule has 1 aromatic rings. The molecule has 1 atom stereocenters. The summed E-state index contributed by atoms with van der Waals surface area (Å²) in [6.45, 7) is 4.63. The largest absolute Gasteiger partial charge is 0.330 e. The molecule has 22 heavy (non-hydrogen) atoms. The molecule has 5 heteroatoms. The monoisotopic (exact) mass is 303 g/mol. The number of carbonyl (C=O) groups excluding carboxylic acids is 1. The summed E-state index contributed by atoms with van der Waals surface area (Å²) >= 11 is 0. The third-order valence-electron chi connectivity index (χ3n) is 5.24. The van der Waals surface area contributed by atoms with Gasteiger partial charge in [0, 0.05) is 24.2 Å². The van der Waals surface area contributed by atoms with E-state index < -0.39 is 5.54 Å². The minimum Gasteiger partial charge on any atom is -0.330 e. The number of aryl methyl sites for hydroxylation is 1. The summed E-state index contributed by atoms with van der Waals surface area (Å²) in [6.07, 6.45) is 7.38. The van der Waals surface area contributed by atoms with E-state index in [0.29, 0.717) is 11.5 Å². The molecule has 2 fully saturated rings. The Hall–Kier alpha value is -1.65. The van der Waals surface area contributed by atoms with Crippen molar-refractivity contribution in [2.45, 2.75) is 64.3 Å². The van der Waals surface area contributed by atoms with E-state index in [1.165, 1.54) is 12.5 Å². The minimum atomic E-state index is -0.473. The van der Waals surface area contributed by atoms with Crippen molar-refractivity contribution in [3.05, 3.63) is 27.9 Å². The summed E-state index contributed by atoms with van der Waals surface area (Å²) in [4.78, 5) is 34.1. The van der Waals surface area contributed by atoms with Crippen molar-refractivity contribution >= 4 is 5.91 Å². The molecule has 0 radical (unpaired) electrons. The summed E-state index contributed by atoms with van der Waals surface area (Å²) in [5, 5.41) is 0. The Morgan fingerprint density at radius 3 is 2.73 bits per heavy atom. The first-order valence-corrected chi connectivity index (χ1v) is 8.40. The van der Waals surface area contributed by atoms with Crippen LogP contribution in [0, 0.1) is 12.8 Å². The summed E-state index contributed by atoms with van der Waals surface area (Å²) in [7, 11) is 0. The molecule has 0 unspecified atom stereocenters. The lowest BCUT2D eigenvalue weighted by Crippen LogP contribution is -2.47. The van der Waals surface area contributed by atoms with E-state index in [1.807, 2.05) is 18.7 Å². The molecular formula is C17H25N3O2. The van der Waals surface area contributed by atoms with Gasteiger partial charge in [-0.05, 0) is 39.5 Å². The number of likely N-dealkylation sites (tertiary alicyclic amines) is 1. The summed E-state index contributed by atoms with van der Waals surface area (Å²) in [5.74, 6) is 1.05. The molecule has 0 aromatic carbocycles. The number of hydrogen-bond donors (Lipinski definition) is 1. The van der Waals surface area contributed by atoms with Crippen LogP contribution in [0.3, 0.4) is 0 Å². The lowest BCUT2D eigenvalue weighted by atomic mass is 9.87. The van der Waals surface area contributed by atoms with Gasteiger partial charge in [-0.1, -0.05) is 19.3 Å². The van der Waals surface area contributed by atoms with Crippen molar-refractivity contribution in [3.63, 3.8) is 0 Å². The van der Waals surface area contributed by atoms with Gasteiger partial charge in [0.05, 0.1) is 5.54 Å². The quantitative estimate of drug-likeness (QED) is 0.913. The van der Waals surface area contributed by atoms with Crippen molar-refractivity contribution in [2.24, 2.45) is 5.92 Å². The Kier molecular flexibility index (Phi) is 4.06. The Morgan fingerprint density at radius 2 is 2.05 bits per heavy atom. The van der Waals surface area contributed by atoms with Gasteiger partial charge in [0.15, 0.2) is 0 Å². The second-order valence-electron chi connectivity index (χ2n) is 6.94. The van der Waals surface area contributed by atoms with E-state index in [0.717, 1.165) is 45.1 Å². The zero-order valence-corrected chi connectivity index (χ0v) is 13.5. The molecule has 1 saturated heterocycles.